The minimum absolute atomic E-state index is 0.0747. The number of nitrogens with zero attached hydrogens (tertiary/aromatic N) is 2. The van der Waals surface area contributed by atoms with Gasteiger partial charge in [-0.2, -0.15) is 0 Å². The smallest absolute Gasteiger partial charge is 0.303 e. The highest BCUT2D eigenvalue weighted by Gasteiger charge is 2.37. The number of methoxy groups -OCH3 is 1. The number of aliphatic carboxylic acids is 1. The van der Waals surface area contributed by atoms with Gasteiger partial charge in [0, 0.05) is 40.4 Å². The number of thioether (sulfide) groups is 1. The summed E-state index contributed by atoms with van der Waals surface area (Å²) < 4.78 is 61.8. The Labute approximate surface area is 233 Å². The number of aromatic nitrogens is 1. The minimum atomic E-state index is -1.42. The van der Waals surface area contributed by atoms with E-state index < -0.39 is 35.0 Å². The van der Waals surface area contributed by atoms with Crippen LogP contribution >= 0.6 is 23.4 Å². The normalized spacial score (nSPS) is 16.4. The molecule has 1 saturated heterocycles. The Morgan fingerprint density at radius 2 is 1.97 bits per heavy atom. The first-order valence-corrected chi connectivity index (χ1v) is 13.9. The topological polar surface area (TPSA) is 62.7 Å². The van der Waals surface area contributed by atoms with Crippen LogP contribution in [-0.2, 0) is 4.79 Å². The van der Waals surface area contributed by atoms with E-state index in [1.165, 1.54) is 13.3 Å². The number of ether oxygens (including phenoxy) is 1. The van der Waals surface area contributed by atoms with Crippen molar-refractivity contribution in [1.82, 2.24) is 9.88 Å². The van der Waals surface area contributed by atoms with Crippen LogP contribution in [0.1, 0.15) is 43.8 Å². The van der Waals surface area contributed by atoms with Crippen LogP contribution in [-0.4, -0.2) is 53.5 Å². The van der Waals surface area contributed by atoms with Gasteiger partial charge in [-0.25, -0.2) is 17.6 Å². The van der Waals surface area contributed by atoms with Gasteiger partial charge in [0.2, 0.25) is 0 Å². The van der Waals surface area contributed by atoms with Crippen LogP contribution in [0.15, 0.2) is 41.4 Å². The molecule has 39 heavy (non-hydrogen) atoms. The van der Waals surface area contributed by atoms with Gasteiger partial charge in [0.15, 0.2) is 11.6 Å². The van der Waals surface area contributed by atoms with Gasteiger partial charge in [-0.3, -0.25) is 9.78 Å². The zero-order valence-electron chi connectivity index (χ0n) is 21.4. The van der Waals surface area contributed by atoms with Crippen LogP contribution in [0, 0.1) is 22.9 Å². The lowest BCUT2D eigenvalue weighted by Crippen LogP contribution is -2.42. The third-order valence-electron chi connectivity index (χ3n) is 7.38. The maximum absolute atomic E-state index is 15.7. The monoisotopic (exact) mass is 584 g/mol. The molecule has 4 rings (SSSR count). The van der Waals surface area contributed by atoms with Gasteiger partial charge < -0.3 is 14.7 Å². The Morgan fingerprint density at radius 1 is 1.23 bits per heavy atom. The molecule has 2 aromatic carbocycles. The average Bonchev–Trinajstić information content (AvgIpc) is 2.90. The molecule has 1 unspecified atom stereocenters. The first-order chi connectivity index (χ1) is 18.6. The van der Waals surface area contributed by atoms with Gasteiger partial charge in [0.05, 0.1) is 24.1 Å². The van der Waals surface area contributed by atoms with Crippen molar-refractivity contribution < 1.29 is 32.2 Å². The Balaban J connectivity index is 1.39. The molecule has 1 N–H and O–H groups in total. The molecule has 5 nitrogen and oxygen atoms in total. The van der Waals surface area contributed by atoms with E-state index in [0.717, 1.165) is 17.8 Å². The van der Waals surface area contributed by atoms with Crippen LogP contribution in [0.5, 0.6) is 5.75 Å². The van der Waals surface area contributed by atoms with E-state index in [1.807, 2.05) is 0 Å². The molecule has 2 heterocycles. The van der Waals surface area contributed by atoms with Crippen LogP contribution in [0.25, 0.3) is 10.9 Å². The highest BCUT2D eigenvalue weighted by molar-refractivity contribution is 7.99. The molecule has 1 atom stereocenters. The van der Waals surface area contributed by atoms with Crippen molar-refractivity contribution in [3.8, 4) is 5.75 Å². The van der Waals surface area contributed by atoms with Crippen LogP contribution < -0.4 is 4.74 Å². The third-order valence-corrected chi connectivity index (χ3v) is 8.67. The molecule has 0 saturated carbocycles. The van der Waals surface area contributed by atoms with Crippen molar-refractivity contribution in [2.75, 3.05) is 32.5 Å². The van der Waals surface area contributed by atoms with E-state index in [2.05, 4.69) is 9.88 Å². The van der Waals surface area contributed by atoms with E-state index >= 15 is 4.39 Å². The molecule has 11 heteroatoms. The number of hydrogen-bond donors (Lipinski definition) is 1. The van der Waals surface area contributed by atoms with Gasteiger partial charge in [0.25, 0.3) is 0 Å². The molecule has 0 aliphatic carbocycles. The highest BCUT2D eigenvalue weighted by atomic mass is 35.5. The maximum Gasteiger partial charge on any atom is 0.303 e. The first kappa shape index (κ1) is 29.4. The number of halogens is 5. The van der Waals surface area contributed by atoms with Gasteiger partial charge >= 0.3 is 5.97 Å². The average molecular weight is 585 g/mol. The number of rotatable bonds is 11. The van der Waals surface area contributed by atoms with Crippen molar-refractivity contribution in [1.29, 1.82) is 0 Å². The van der Waals surface area contributed by atoms with Crippen LogP contribution in [0.4, 0.5) is 17.6 Å². The zero-order chi connectivity index (χ0) is 28.2. The van der Waals surface area contributed by atoms with E-state index in [9.17, 15) is 23.1 Å². The van der Waals surface area contributed by atoms with Crippen molar-refractivity contribution in [3.05, 3.63) is 64.6 Å². The third kappa shape index (κ3) is 7.15. The van der Waals surface area contributed by atoms with Gasteiger partial charge in [0.1, 0.15) is 17.7 Å². The summed E-state index contributed by atoms with van der Waals surface area (Å²) in [6.07, 6.45) is 1.50. The number of piperidine rings is 1. The summed E-state index contributed by atoms with van der Waals surface area (Å²) in [7, 11) is 1.52. The molecule has 0 amide bonds. The second-order valence-electron chi connectivity index (χ2n) is 9.87. The van der Waals surface area contributed by atoms with Gasteiger partial charge in [-0.15, -0.1) is 11.8 Å². The zero-order valence-corrected chi connectivity index (χ0v) is 22.9. The lowest BCUT2D eigenvalue weighted by Gasteiger charge is -2.41. The fourth-order valence-electron chi connectivity index (χ4n) is 5.20. The molecule has 0 bridgehead atoms. The minimum Gasteiger partial charge on any atom is -0.497 e. The number of alkyl halides is 1. The number of fused-ring (bicyclic) bond motifs is 1. The van der Waals surface area contributed by atoms with E-state index in [0.29, 0.717) is 72.9 Å². The number of carboxylic acids is 1. The summed E-state index contributed by atoms with van der Waals surface area (Å²) in [5.41, 5.74) is 0.330. The number of carboxylic acid groups (broad SMARTS) is 1. The second kappa shape index (κ2) is 12.7. The number of hydrogen-bond acceptors (Lipinski definition) is 5. The van der Waals surface area contributed by atoms with Crippen molar-refractivity contribution in [2.45, 2.75) is 43.2 Å². The number of likely N-dealkylation sites (tertiary alicyclic amines) is 1. The summed E-state index contributed by atoms with van der Waals surface area (Å²) >= 11 is 7.39. The largest absolute Gasteiger partial charge is 0.497 e. The number of carbonyl (C=O) groups is 1. The highest BCUT2D eigenvalue weighted by Crippen LogP contribution is 2.44. The van der Waals surface area contributed by atoms with Gasteiger partial charge in [-0.05, 0) is 68.5 Å². The lowest BCUT2D eigenvalue weighted by molar-refractivity contribution is -0.141. The molecule has 1 aliphatic heterocycles. The molecule has 210 valence electrons. The molecule has 1 aromatic heterocycles. The van der Waals surface area contributed by atoms with E-state index in [1.54, 1.807) is 18.2 Å². The van der Waals surface area contributed by atoms with Crippen molar-refractivity contribution in [3.63, 3.8) is 0 Å². The Morgan fingerprint density at radius 3 is 2.67 bits per heavy atom. The van der Waals surface area contributed by atoms with Crippen LogP contribution in [0.3, 0.4) is 0 Å². The second-order valence-corrected chi connectivity index (χ2v) is 11.4. The van der Waals surface area contributed by atoms with Crippen molar-refractivity contribution in [2.24, 2.45) is 5.41 Å². The number of pyridine rings is 1. The molecular weight excluding hydrogens is 556 g/mol. The Kier molecular flexibility index (Phi) is 9.61. The molecule has 3 aromatic rings. The number of benzene rings is 2. The Hall–Kier alpha value is -2.56. The molecular formula is C28H29ClF4N2O3S. The van der Waals surface area contributed by atoms with Crippen molar-refractivity contribution >= 4 is 40.2 Å². The van der Waals surface area contributed by atoms with E-state index in [4.69, 9.17) is 16.3 Å². The summed E-state index contributed by atoms with van der Waals surface area (Å²) in [5, 5.41) is 10.4. The Bertz CT molecular complexity index is 1340. The molecule has 0 spiro atoms. The molecule has 0 radical (unpaired) electrons. The maximum atomic E-state index is 15.7. The predicted molar refractivity (Wildman–Crippen MR) is 144 cm³/mol. The molecule has 1 aliphatic rings. The summed E-state index contributed by atoms with van der Waals surface area (Å²) in [6.45, 7) is 1.71. The quantitative estimate of drug-likeness (QED) is 0.143. The fourth-order valence-corrected chi connectivity index (χ4v) is 6.46. The molecule has 1 fully saturated rings. The fraction of sp³-hybridized carbons (Fsp3) is 0.429. The van der Waals surface area contributed by atoms with Crippen LogP contribution in [0.2, 0.25) is 5.02 Å². The van der Waals surface area contributed by atoms with Gasteiger partial charge in [-0.1, -0.05) is 11.6 Å². The predicted octanol–water partition coefficient (Wildman–Crippen LogP) is 7.45. The SMILES string of the molecule is COc1ccc2ncc(Cl)c(C(F)CCC3(CC(=O)O)CCN(CCSc4cc(F)cc(F)c4F)CC3)c2c1. The van der Waals surface area contributed by atoms with E-state index in [-0.39, 0.29) is 22.8 Å². The lowest BCUT2D eigenvalue weighted by atomic mass is 9.71. The summed E-state index contributed by atoms with van der Waals surface area (Å²) in [6, 6.07) is 6.65. The standard InChI is InChI=1S/C28H29ClF4N2O3S/c1-38-18-2-3-23-19(14-18)26(20(29)16-34-23)21(31)4-5-28(15-25(36)37)6-8-35(9-7-28)10-11-39-24-13-17(30)12-22(32)27(24)33/h2-3,12-14,16,21H,4-11,15H2,1H3,(H,36,37). The summed E-state index contributed by atoms with van der Waals surface area (Å²) in [4.78, 5) is 18.0. The summed E-state index contributed by atoms with van der Waals surface area (Å²) in [5.74, 6) is -3.09. The first-order valence-electron chi connectivity index (χ1n) is 12.6.